The van der Waals surface area contributed by atoms with Gasteiger partial charge in [0.2, 0.25) is 0 Å². The third-order valence-electron chi connectivity index (χ3n) is 1.13. The second-order valence-corrected chi connectivity index (χ2v) is 4.24. The monoisotopic (exact) mass is 359 g/mol. The highest BCUT2D eigenvalue weighted by Crippen LogP contribution is 2.23. The van der Waals surface area contributed by atoms with Crippen molar-refractivity contribution in [2.24, 2.45) is 3.15 Å². The molecule has 0 amide bonds. The first-order chi connectivity index (χ1) is 4.88. The molecule has 0 atom stereocenters. The molecule has 0 bridgehead atoms. The van der Waals surface area contributed by atoms with E-state index in [-0.39, 0.29) is 21.0 Å². The van der Waals surface area contributed by atoms with Gasteiger partial charge >= 0.3 is 0 Å². The van der Waals surface area contributed by atoms with E-state index in [2.05, 4.69) is 42.5 Å². The van der Waals surface area contributed by atoms with Crippen LogP contribution in [0.15, 0.2) is 37.2 Å². The molecule has 0 aromatic heterocycles. The minimum Gasteiger partial charge on any atom is -0.225 e. The van der Waals surface area contributed by atoms with Crippen molar-refractivity contribution in [1.82, 2.24) is 0 Å². The lowest BCUT2D eigenvalue weighted by atomic mass is 10.2. The van der Waals surface area contributed by atoms with E-state index in [1.165, 1.54) is 11.3 Å². The normalized spacial score (nSPS) is 16.9. The zero-order chi connectivity index (χ0) is 7.40. The number of nitrogens with zero attached hydrogens (tertiary/aromatic N) is 1. The predicted molar refractivity (Wildman–Crippen MR) is 61.7 cm³/mol. The Morgan fingerprint density at radius 2 is 2.60 bits per heavy atom. The van der Waals surface area contributed by atoms with E-state index in [0.29, 0.717) is 0 Å². The van der Waals surface area contributed by atoms with Gasteiger partial charge in [-0.05, 0) is 15.7 Å². The van der Waals surface area contributed by atoms with E-state index in [0.717, 1.165) is 4.43 Å². The molecule has 0 N–H and O–H groups in total. The Kier molecular flexibility index (Phi) is 3.75. The Morgan fingerprint density at radius 3 is 3.10 bits per heavy atom. The molecule has 1 aliphatic heterocycles. The van der Waals surface area contributed by atoms with Crippen LogP contribution in [0.2, 0.25) is 0 Å². The Morgan fingerprint density at radius 1 is 1.80 bits per heavy atom. The molecule has 0 aromatic carbocycles. The summed E-state index contributed by atoms with van der Waals surface area (Å²) in [6, 6.07) is 0. The quantitative estimate of drug-likeness (QED) is 0.529. The molecule has 0 radical (unpaired) electrons. The molecule has 54 valence electrons. The molecule has 0 saturated heterocycles. The first-order valence-electron chi connectivity index (χ1n) is 2.80. The third-order valence-corrected chi connectivity index (χ3v) is 3.39. The van der Waals surface area contributed by atoms with Crippen molar-refractivity contribution in [1.29, 1.82) is 0 Å². The maximum Gasteiger partial charge on any atom is 0.0634 e. The van der Waals surface area contributed by atoms with Crippen molar-refractivity contribution in [2.75, 3.05) is 4.43 Å². The fraction of sp³-hybridized carbons (Fsp3) is 0.143. The molecular weight excluding hydrogens is 352 g/mol. The highest BCUT2D eigenvalue weighted by molar-refractivity contribution is 14.2. The fourth-order valence-corrected chi connectivity index (χ4v) is 3.37. The van der Waals surface area contributed by atoms with Crippen molar-refractivity contribution < 1.29 is 0 Å². The fourth-order valence-electron chi connectivity index (χ4n) is 0.614. The highest BCUT2D eigenvalue weighted by Gasteiger charge is 1.99. The number of allylic oxidation sites excluding steroid dienone is 4. The minimum atomic E-state index is -0.0312. The van der Waals surface area contributed by atoms with E-state index < -0.39 is 0 Å². The van der Waals surface area contributed by atoms with Crippen LogP contribution < -0.4 is 0 Å². The average Bonchev–Trinajstić information content (AvgIpc) is 2.04. The Labute approximate surface area is 84.6 Å². The van der Waals surface area contributed by atoms with Crippen molar-refractivity contribution in [3.63, 3.8) is 0 Å². The van der Waals surface area contributed by atoms with Crippen LogP contribution in [0.25, 0.3) is 0 Å². The van der Waals surface area contributed by atoms with Crippen molar-refractivity contribution in [2.45, 2.75) is 0 Å². The van der Waals surface area contributed by atoms with Crippen molar-refractivity contribution >= 4 is 43.6 Å². The maximum atomic E-state index is 4.42. The molecule has 3 heteroatoms. The van der Waals surface area contributed by atoms with Crippen LogP contribution in [-0.4, -0.2) is 4.43 Å². The number of hydrogen-bond donors (Lipinski definition) is 0. The molecule has 0 fully saturated rings. The van der Waals surface area contributed by atoms with Gasteiger partial charge in [0.25, 0.3) is 0 Å². The molecule has 0 aliphatic carbocycles. The third kappa shape index (κ3) is 1.98. The Bertz CT molecular complexity index is 226. The molecule has 1 heterocycles. The summed E-state index contributed by atoms with van der Waals surface area (Å²) in [6.45, 7) is 3.72. The lowest BCUT2D eigenvalue weighted by molar-refractivity contribution is 1.35. The second-order valence-electron chi connectivity index (χ2n) is 1.71. The van der Waals surface area contributed by atoms with Crippen LogP contribution >= 0.6 is 43.6 Å². The summed E-state index contributed by atoms with van der Waals surface area (Å²) >= 11 is 2.30. The number of alkyl halides is 1. The summed E-state index contributed by atoms with van der Waals surface area (Å²) in [7, 11) is 0. The Balaban J connectivity index is 2.97. The lowest BCUT2D eigenvalue weighted by Crippen LogP contribution is -1.84. The van der Waals surface area contributed by atoms with E-state index >= 15 is 0 Å². The zero-order valence-electron chi connectivity index (χ0n) is 5.35. The highest BCUT2D eigenvalue weighted by atomic mass is 127. The van der Waals surface area contributed by atoms with Gasteiger partial charge in [-0.25, -0.2) is 3.15 Å². The minimum absolute atomic E-state index is 0.0312. The van der Waals surface area contributed by atoms with E-state index in [4.69, 9.17) is 0 Å². The molecule has 1 aliphatic rings. The second kappa shape index (κ2) is 4.38. The lowest BCUT2D eigenvalue weighted by Gasteiger charge is -2.02. The van der Waals surface area contributed by atoms with Gasteiger partial charge in [0.05, 0.1) is 5.70 Å². The molecule has 0 spiro atoms. The van der Waals surface area contributed by atoms with Crippen LogP contribution in [0, 0.1) is 0 Å². The molecule has 0 aromatic rings. The summed E-state index contributed by atoms with van der Waals surface area (Å²) in [6.07, 6.45) is 4.00. The molecule has 1 rings (SSSR count). The number of hydrogen-bond acceptors (Lipinski definition) is 1. The van der Waals surface area contributed by atoms with Crippen molar-refractivity contribution in [3.05, 3.63) is 34.1 Å². The van der Waals surface area contributed by atoms with Crippen LogP contribution in [0.3, 0.4) is 0 Å². The van der Waals surface area contributed by atoms with Crippen molar-refractivity contribution in [3.8, 4) is 0 Å². The number of halogens is 2. The summed E-state index contributed by atoms with van der Waals surface area (Å²) in [5.41, 5.74) is 2.41. The smallest absolute Gasteiger partial charge is 0.0634 e. The van der Waals surface area contributed by atoms with Crippen LogP contribution in [-0.2, 0) is 0 Å². The molecule has 1 nitrogen and oxygen atoms in total. The molecule has 0 saturated carbocycles. The van der Waals surface area contributed by atoms with Gasteiger partial charge in [-0.3, -0.25) is 0 Å². The molecule has 10 heavy (non-hydrogen) atoms. The van der Waals surface area contributed by atoms with Gasteiger partial charge < -0.3 is 0 Å². The molecule has 0 unspecified atom stereocenters. The summed E-state index contributed by atoms with van der Waals surface area (Å²) in [5, 5.41) is 0. The SMILES string of the molecule is C=CC1=C(CI)N=IC=C1. The number of rotatable bonds is 2. The van der Waals surface area contributed by atoms with Gasteiger partial charge in [-0.1, -0.05) is 35.2 Å². The summed E-state index contributed by atoms with van der Waals surface area (Å²) in [5.74, 6) is 0. The van der Waals surface area contributed by atoms with E-state index in [1.807, 2.05) is 6.08 Å². The van der Waals surface area contributed by atoms with Gasteiger partial charge in [-0.15, -0.1) is 0 Å². The summed E-state index contributed by atoms with van der Waals surface area (Å²) < 4.78 is 7.59. The zero-order valence-corrected chi connectivity index (χ0v) is 9.66. The first kappa shape index (κ1) is 8.58. The largest absolute Gasteiger partial charge is 0.225 e. The van der Waals surface area contributed by atoms with Crippen LogP contribution in [0.4, 0.5) is 0 Å². The molecular formula is C7H7I2N. The van der Waals surface area contributed by atoms with Gasteiger partial charge in [0.15, 0.2) is 0 Å². The van der Waals surface area contributed by atoms with Gasteiger partial charge in [0, 0.05) is 25.5 Å². The first-order valence-corrected chi connectivity index (χ1v) is 6.54. The van der Waals surface area contributed by atoms with E-state index in [1.54, 1.807) is 0 Å². The van der Waals surface area contributed by atoms with Gasteiger partial charge in [0.1, 0.15) is 0 Å². The maximum absolute atomic E-state index is 4.42. The van der Waals surface area contributed by atoms with Crippen LogP contribution in [0.5, 0.6) is 0 Å². The van der Waals surface area contributed by atoms with Crippen LogP contribution in [0.1, 0.15) is 0 Å². The standard InChI is InChI=1S/C7H7I2N/c1-2-6-3-4-9-10-7(6)5-8/h2-4H,1,5H2. The average molecular weight is 359 g/mol. The summed E-state index contributed by atoms with van der Waals surface area (Å²) in [4.78, 5) is 0. The van der Waals surface area contributed by atoms with E-state index in [9.17, 15) is 0 Å². The topological polar surface area (TPSA) is 12.4 Å². The van der Waals surface area contributed by atoms with Gasteiger partial charge in [-0.2, -0.15) is 0 Å². The predicted octanol–water partition coefficient (Wildman–Crippen LogP) is 3.54. The Hall–Kier alpha value is 0.480.